The summed E-state index contributed by atoms with van der Waals surface area (Å²) in [7, 11) is 2.15. The minimum absolute atomic E-state index is 0.469. The molecule has 0 amide bonds. The molecule has 1 aliphatic heterocycles. The number of aryl methyl sites for hydroxylation is 2. The van der Waals surface area contributed by atoms with Gasteiger partial charge in [0.15, 0.2) is 5.82 Å². The van der Waals surface area contributed by atoms with Crippen LogP contribution in [0, 0.1) is 0 Å². The van der Waals surface area contributed by atoms with Gasteiger partial charge in [-0.2, -0.15) is 5.10 Å². The highest BCUT2D eigenvalue weighted by atomic mass is 15.4. The van der Waals surface area contributed by atoms with Crippen molar-refractivity contribution in [2.75, 3.05) is 29.9 Å². The van der Waals surface area contributed by atoms with E-state index in [1.54, 1.807) is 0 Å². The smallest absolute Gasteiger partial charge is 0.151 e. The largest absolute Gasteiger partial charge is 0.353 e. The molecule has 3 heterocycles. The molecular weight excluding hydrogens is 324 g/mol. The second-order valence-electron chi connectivity index (χ2n) is 7.95. The number of nitrogens with zero attached hydrogens (tertiary/aromatic N) is 6. The third-order valence-corrected chi connectivity index (χ3v) is 6.28. The van der Waals surface area contributed by atoms with Gasteiger partial charge < -0.3 is 9.80 Å². The van der Waals surface area contributed by atoms with Crippen LogP contribution in [0.3, 0.4) is 0 Å². The van der Waals surface area contributed by atoms with Crippen LogP contribution in [0.4, 0.5) is 11.6 Å². The number of anilines is 2. The summed E-state index contributed by atoms with van der Waals surface area (Å²) in [6.07, 6.45) is 10.5. The molecule has 0 spiro atoms. The molecule has 6 heteroatoms. The second-order valence-corrected chi connectivity index (χ2v) is 7.95. The van der Waals surface area contributed by atoms with Crippen molar-refractivity contribution < 1.29 is 0 Å². The van der Waals surface area contributed by atoms with Crippen LogP contribution in [0.1, 0.15) is 55.1 Å². The van der Waals surface area contributed by atoms with Crippen LogP contribution in [0.2, 0.25) is 0 Å². The van der Waals surface area contributed by atoms with Gasteiger partial charge in [0.1, 0.15) is 11.6 Å². The first-order valence-electron chi connectivity index (χ1n) is 9.94. The lowest BCUT2D eigenvalue weighted by Gasteiger charge is -2.45. The molecule has 2 aromatic heterocycles. The molecule has 5 rings (SSSR count). The predicted molar refractivity (Wildman–Crippen MR) is 102 cm³/mol. The van der Waals surface area contributed by atoms with Crippen molar-refractivity contribution in [1.29, 1.82) is 0 Å². The maximum atomic E-state index is 4.82. The summed E-state index contributed by atoms with van der Waals surface area (Å²) in [6, 6.07) is 4.76. The number of rotatable bonds is 4. The summed E-state index contributed by atoms with van der Waals surface area (Å²) in [4.78, 5) is 13.9. The number of likely N-dealkylation sites (N-methyl/N-ethyl adjacent to an activating group) is 1. The van der Waals surface area contributed by atoms with Crippen LogP contribution in [0.15, 0.2) is 18.3 Å². The highest BCUT2D eigenvalue weighted by Gasteiger charge is 2.33. The number of fused-ring (bicyclic) bond motifs is 1. The minimum atomic E-state index is 0.469. The molecule has 26 heavy (non-hydrogen) atoms. The van der Waals surface area contributed by atoms with E-state index in [0.29, 0.717) is 12.0 Å². The lowest BCUT2D eigenvalue weighted by molar-refractivity contribution is 0.400. The van der Waals surface area contributed by atoms with Crippen LogP contribution in [-0.4, -0.2) is 46.3 Å². The Kier molecular flexibility index (Phi) is 3.98. The molecule has 0 unspecified atom stereocenters. The maximum Gasteiger partial charge on any atom is 0.151 e. The van der Waals surface area contributed by atoms with Crippen molar-refractivity contribution in [3.05, 3.63) is 35.4 Å². The van der Waals surface area contributed by atoms with E-state index < -0.39 is 0 Å². The summed E-state index contributed by atoms with van der Waals surface area (Å²) in [5, 5.41) is 8.94. The Balaban J connectivity index is 1.25. The van der Waals surface area contributed by atoms with Gasteiger partial charge in [0.25, 0.3) is 0 Å². The molecule has 2 aliphatic carbocycles. The van der Waals surface area contributed by atoms with Crippen molar-refractivity contribution in [1.82, 2.24) is 20.2 Å². The van der Waals surface area contributed by atoms with E-state index in [1.807, 2.05) is 12.3 Å². The average Bonchev–Trinajstić information content (AvgIpc) is 2.59. The third-order valence-electron chi connectivity index (χ3n) is 6.28. The fraction of sp³-hybridized carbons (Fsp3) is 0.600. The zero-order valence-electron chi connectivity index (χ0n) is 15.4. The molecule has 2 fully saturated rings. The molecule has 0 aromatic carbocycles. The van der Waals surface area contributed by atoms with Gasteiger partial charge in [-0.3, -0.25) is 0 Å². The van der Waals surface area contributed by atoms with Gasteiger partial charge in [-0.15, -0.1) is 5.10 Å². The van der Waals surface area contributed by atoms with Crippen LogP contribution in [0.25, 0.3) is 0 Å². The van der Waals surface area contributed by atoms with Gasteiger partial charge in [-0.25, -0.2) is 9.97 Å². The summed E-state index contributed by atoms with van der Waals surface area (Å²) >= 11 is 0. The van der Waals surface area contributed by atoms with E-state index in [4.69, 9.17) is 4.98 Å². The van der Waals surface area contributed by atoms with Crippen LogP contribution < -0.4 is 9.80 Å². The summed E-state index contributed by atoms with van der Waals surface area (Å²) in [6.45, 7) is 1.96. The molecule has 0 atom stereocenters. The summed E-state index contributed by atoms with van der Waals surface area (Å²) < 4.78 is 0. The first-order chi connectivity index (χ1) is 12.8. The molecule has 1 saturated carbocycles. The van der Waals surface area contributed by atoms with Crippen LogP contribution in [0.5, 0.6) is 0 Å². The first kappa shape index (κ1) is 16.0. The molecule has 3 aliphatic rings. The quantitative estimate of drug-likeness (QED) is 0.845. The number of hydrogen-bond donors (Lipinski definition) is 0. The number of hydrogen-bond acceptors (Lipinski definition) is 6. The Morgan fingerprint density at radius 3 is 2.73 bits per heavy atom. The highest BCUT2D eigenvalue weighted by molar-refractivity contribution is 5.49. The molecular formula is C20H26N6. The van der Waals surface area contributed by atoms with Gasteiger partial charge in [0.05, 0.1) is 11.7 Å². The van der Waals surface area contributed by atoms with Crippen molar-refractivity contribution in [3.63, 3.8) is 0 Å². The SMILES string of the molecule is CN(c1ccnc(C2CCC2)n1)C1CN(c2cc3c(nn2)CCCC3)C1. The van der Waals surface area contributed by atoms with Gasteiger partial charge in [-0.05, 0) is 56.2 Å². The predicted octanol–water partition coefficient (Wildman–Crippen LogP) is 2.74. The Bertz CT molecular complexity index is 797. The fourth-order valence-corrected chi connectivity index (χ4v) is 4.13. The van der Waals surface area contributed by atoms with E-state index in [0.717, 1.165) is 43.4 Å². The zero-order chi connectivity index (χ0) is 17.5. The first-order valence-corrected chi connectivity index (χ1v) is 9.94. The summed E-state index contributed by atoms with van der Waals surface area (Å²) in [5.74, 6) is 3.68. The molecule has 0 radical (unpaired) electrons. The van der Waals surface area contributed by atoms with Crippen LogP contribution in [-0.2, 0) is 12.8 Å². The Labute approximate surface area is 154 Å². The minimum Gasteiger partial charge on any atom is -0.353 e. The lowest BCUT2D eigenvalue weighted by Crippen LogP contribution is -2.59. The fourth-order valence-electron chi connectivity index (χ4n) is 4.13. The highest BCUT2D eigenvalue weighted by Crippen LogP contribution is 2.35. The lowest BCUT2D eigenvalue weighted by atomic mass is 9.85. The Hall–Kier alpha value is -2.24. The van der Waals surface area contributed by atoms with E-state index in [1.165, 1.54) is 43.4 Å². The van der Waals surface area contributed by atoms with E-state index in [9.17, 15) is 0 Å². The second kappa shape index (κ2) is 6.49. The van der Waals surface area contributed by atoms with E-state index in [2.05, 4.69) is 38.1 Å². The Morgan fingerprint density at radius 1 is 1.08 bits per heavy atom. The molecule has 6 nitrogen and oxygen atoms in total. The van der Waals surface area contributed by atoms with E-state index >= 15 is 0 Å². The standard InChI is InChI=1S/C20H26N6/c1-25(18-9-10-21-20(22-18)14-6-4-7-14)16-12-26(13-16)19-11-15-5-2-3-8-17(15)23-24-19/h9-11,14,16H,2-8,12-13H2,1H3. The topological polar surface area (TPSA) is 58.0 Å². The molecule has 136 valence electrons. The molecule has 0 bridgehead atoms. The monoisotopic (exact) mass is 350 g/mol. The molecule has 0 N–H and O–H groups in total. The number of aromatic nitrogens is 4. The maximum absolute atomic E-state index is 4.82. The van der Waals surface area contributed by atoms with Crippen molar-refractivity contribution >= 4 is 11.6 Å². The normalized spacial score (nSPS) is 20.3. The van der Waals surface area contributed by atoms with Crippen molar-refractivity contribution in [2.45, 2.75) is 56.9 Å². The van der Waals surface area contributed by atoms with E-state index in [-0.39, 0.29) is 0 Å². The van der Waals surface area contributed by atoms with Gasteiger partial charge in [0.2, 0.25) is 0 Å². The zero-order valence-corrected chi connectivity index (χ0v) is 15.4. The molecule has 1 saturated heterocycles. The van der Waals surface area contributed by atoms with Crippen molar-refractivity contribution in [2.24, 2.45) is 0 Å². The molecule has 2 aromatic rings. The van der Waals surface area contributed by atoms with Crippen molar-refractivity contribution in [3.8, 4) is 0 Å². The van der Waals surface area contributed by atoms with Gasteiger partial charge in [-0.1, -0.05) is 6.42 Å². The third kappa shape index (κ3) is 2.81. The summed E-state index contributed by atoms with van der Waals surface area (Å²) in [5.41, 5.74) is 2.61. The Morgan fingerprint density at radius 2 is 1.92 bits per heavy atom. The van der Waals surface area contributed by atoms with Gasteiger partial charge in [0, 0.05) is 32.3 Å². The van der Waals surface area contributed by atoms with Crippen LogP contribution >= 0.6 is 0 Å². The van der Waals surface area contributed by atoms with Gasteiger partial charge >= 0.3 is 0 Å². The average molecular weight is 350 g/mol.